The number of carboxylic acid groups (broad SMARTS) is 1. The predicted molar refractivity (Wildman–Crippen MR) is 167 cm³/mol. The van der Waals surface area contributed by atoms with Crippen molar-refractivity contribution < 1.29 is 23.1 Å². The number of aliphatic carboxylic acids is 1. The largest absolute Gasteiger partial charge is 0.481 e. The first kappa shape index (κ1) is 30.3. The van der Waals surface area contributed by atoms with Crippen LogP contribution in [0.3, 0.4) is 0 Å². The average Bonchev–Trinajstić information content (AvgIpc) is 3.23. The minimum absolute atomic E-state index is 0.0300. The molecule has 0 fully saturated rings. The number of fused-ring (bicyclic) bond motifs is 1. The molecule has 3 aromatic rings. The van der Waals surface area contributed by atoms with Crippen molar-refractivity contribution in [3.63, 3.8) is 0 Å². The van der Waals surface area contributed by atoms with E-state index in [1.165, 1.54) is 10.6 Å². The summed E-state index contributed by atoms with van der Waals surface area (Å²) in [6.45, 7) is 1.12. The number of carboxylic acids is 1. The van der Waals surface area contributed by atoms with Gasteiger partial charge in [0.2, 0.25) is 10.0 Å². The molecule has 216 valence electrons. The molecule has 1 amide bonds. The maximum Gasteiger partial charge on any atom is 0.303 e. The third-order valence-corrected chi connectivity index (χ3v) is 8.33. The Morgan fingerprint density at radius 3 is 2.29 bits per heavy atom. The van der Waals surface area contributed by atoms with E-state index in [9.17, 15) is 18.0 Å². The Kier molecular flexibility index (Phi) is 9.52. The second kappa shape index (κ2) is 12.9. The number of amides is 1. The summed E-state index contributed by atoms with van der Waals surface area (Å²) in [6, 6.07) is 20.1. The molecule has 1 aliphatic heterocycles. The van der Waals surface area contributed by atoms with Crippen LogP contribution in [0, 0.1) is 0 Å². The number of sulfonamides is 1. The maximum absolute atomic E-state index is 13.2. The Morgan fingerprint density at radius 1 is 1.00 bits per heavy atom. The van der Waals surface area contributed by atoms with Crippen molar-refractivity contribution >= 4 is 66.2 Å². The number of carbonyl (C=O) groups is 2. The van der Waals surface area contributed by atoms with E-state index in [1.54, 1.807) is 24.3 Å². The van der Waals surface area contributed by atoms with E-state index in [0.717, 1.165) is 27.7 Å². The van der Waals surface area contributed by atoms with Crippen molar-refractivity contribution in [2.24, 2.45) is 0 Å². The maximum atomic E-state index is 13.2. The molecule has 1 heterocycles. The Balaban J connectivity index is 1.70. The number of rotatable bonds is 12. The van der Waals surface area contributed by atoms with E-state index in [2.05, 4.69) is 26.6 Å². The van der Waals surface area contributed by atoms with Gasteiger partial charge >= 0.3 is 5.97 Å². The van der Waals surface area contributed by atoms with E-state index in [1.807, 2.05) is 61.5 Å². The molecule has 0 spiro atoms. The quantitative estimate of drug-likeness (QED) is 0.235. The van der Waals surface area contributed by atoms with Crippen molar-refractivity contribution in [1.82, 2.24) is 4.90 Å². The molecular formula is C30H33BrN4O5S. The number of nitrogens with zero attached hydrogens (tertiary/aromatic N) is 2. The Bertz CT molecular complexity index is 1570. The lowest BCUT2D eigenvalue weighted by atomic mass is 9.98. The van der Waals surface area contributed by atoms with Crippen molar-refractivity contribution in [3.8, 4) is 0 Å². The van der Waals surface area contributed by atoms with Crippen molar-refractivity contribution in [2.75, 3.05) is 48.4 Å². The summed E-state index contributed by atoms with van der Waals surface area (Å²) >= 11 is 3.45. The fraction of sp³-hybridized carbons (Fsp3) is 0.267. The minimum Gasteiger partial charge on any atom is -0.481 e. The van der Waals surface area contributed by atoms with Gasteiger partial charge < -0.3 is 20.6 Å². The summed E-state index contributed by atoms with van der Waals surface area (Å²) in [6.07, 6.45) is 2.32. The molecule has 4 rings (SSSR count). The summed E-state index contributed by atoms with van der Waals surface area (Å²) in [5.74, 6) is -1.11. The molecule has 0 saturated heterocycles. The lowest BCUT2D eigenvalue weighted by Gasteiger charge is -2.24. The Hall–Kier alpha value is -3.67. The molecule has 11 heteroatoms. The molecule has 0 atom stereocenters. The number of hydrogen-bond donors (Lipinski definition) is 3. The highest BCUT2D eigenvalue weighted by Gasteiger charge is 2.29. The molecular weight excluding hydrogens is 608 g/mol. The summed E-state index contributed by atoms with van der Waals surface area (Å²) in [4.78, 5) is 26.2. The van der Waals surface area contributed by atoms with E-state index in [4.69, 9.17) is 5.11 Å². The SMILES string of the molecule is CN(C)CCCN(c1ccc(N/C(=C2\C(=O)Nc3cc(Br)ccc32)c2ccc(CCC(=O)O)cc2)cc1)S(C)(=O)=O. The van der Waals surface area contributed by atoms with Crippen molar-refractivity contribution in [3.05, 3.63) is 87.9 Å². The second-order valence-electron chi connectivity index (χ2n) is 10.1. The van der Waals surface area contributed by atoms with Crippen LogP contribution in [0.1, 0.15) is 29.5 Å². The summed E-state index contributed by atoms with van der Waals surface area (Å²) in [5, 5.41) is 15.3. The first-order chi connectivity index (χ1) is 19.4. The number of nitrogens with one attached hydrogen (secondary N) is 2. The molecule has 9 nitrogen and oxygen atoms in total. The van der Waals surface area contributed by atoms with E-state index < -0.39 is 16.0 Å². The monoisotopic (exact) mass is 640 g/mol. The van der Waals surface area contributed by atoms with Gasteiger partial charge in [0.05, 0.1) is 28.9 Å². The molecule has 3 aromatic carbocycles. The number of hydrogen-bond acceptors (Lipinski definition) is 6. The summed E-state index contributed by atoms with van der Waals surface area (Å²) in [7, 11) is 0.420. The van der Waals surface area contributed by atoms with E-state index in [-0.39, 0.29) is 12.3 Å². The van der Waals surface area contributed by atoms with Gasteiger partial charge in [-0.05, 0) is 81.0 Å². The molecule has 0 saturated carbocycles. The number of anilines is 3. The van der Waals surface area contributed by atoms with Crippen LogP contribution in [0.4, 0.5) is 17.1 Å². The van der Waals surface area contributed by atoms with Gasteiger partial charge in [0, 0.05) is 28.7 Å². The Labute approximate surface area is 249 Å². The predicted octanol–water partition coefficient (Wildman–Crippen LogP) is 5.12. The molecule has 0 unspecified atom stereocenters. The van der Waals surface area contributed by atoms with Gasteiger partial charge in [0.1, 0.15) is 0 Å². The van der Waals surface area contributed by atoms with Crippen LogP contribution in [0.5, 0.6) is 0 Å². The smallest absolute Gasteiger partial charge is 0.303 e. The normalized spacial score (nSPS) is 14.0. The number of aryl methyl sites for hydroxylation is 1. The van der Waals surface area contributed by atoms with Crippen molar-refractivity contribution in [1.29, 1.82) is 0 Å². The van der Waals surface area contributed by atoms with Crippen LogP contribution < -0.4 is 14.9 Å². The molecule has 0 aromatic heterocycles. The van der Waals surface area contributed by atoms with Crippen LogP contribution in [0.25, 0.3) is 11.3 Å². The third kappa shape index (κ3) is 7.75. The van der Waals surface area contributed by atoms with Gasteiger partial charge in [-0.15, -0.1) is 0 Å². The molecule has 1 aliphatic rings. The first-order valence-corrected chi connectivity index (χ1v) is 15.7. The number of halogens is 1. The highest BCUT2D eigenvalue weighted by atomic mass is 79.9. The van der Waals surface area contributed by atoms with Crippen LogP contribution in [0.15, 0.2) is 71.2 Å². The van der Waals surface area contributed by atoms with Crippen LogP contribution >= 0.6 is 15.9 Å². The lowest BCUT2D eigenvalue weighted by Crippen LogP contribution is -2.32. The molecule has 0 bridgehead atoms. The van der Waals surface area contributed by atoms with Crippen LogP contribution in [-0.4, -0.2) is 63.7 Å². The van der Waals surface area contributed by atoms with Gasteiger partial charge in [-0.3, -0.25) is 13.9 Å². The van der Waals surface area contributed by atoms with Gasteiger partial charge in [0.15, 0.2) is 0 Å². The van der Waals surface area contributed by atoms with E-state index in [0.29, 0.717) is 47.7 Å². The fourth-order valence-electron chi connectivity index (χ4n) is 4.63. The Morgan fingerprint density at radius 2 is 1.68 bits per heavy atom. The van der Waals surface area contributed by atoms with E-state index >= 15 is 0 Å². The molecule has 0 radical (unpaired) electrons. The minimum atomic E-state index is -3.47. The standard InChI is InChI=1S/C30H33BrN4O5S/c1-34(2)17-4-18-35(41(3,39)40)24-13-11-23(12-14-24)32-29(21-8-5-20(6-9-21)7-16-27(36)37)28-25-15-10-22(31)19-26(25)33-30(28)38/h5-6,8-15,19,32H,4,7,16-18H2,1-3H3,(H,33,38)(H,36,37)/b29-28-. The highest BCUT2D eigenvalue weighted by Crippen LogP contribution is 2.39. The average molecular weight is 642 g/mol. The van der Waals surface area contributed by atoms with Gasteiger partial charge in [-0.2, -0.15) is 0 Å². The van der Waals surface area contributed by atoms with Crippen LogP contribution in [0.2, 0.25) is 0 Å². The molecule has 3 N–H and O–H groups in total. The van der Waals surface area contributed by atoms with Gasteiger partial charge in [0.25, 0.3) is 5.91 Å². The summed E-state index contributed by atoms with van der Waals surface area (Å²) in [5.41, 5.74) is 5.33. The molecule has 0 aliphatic carbocycles. The summed E-state index contributed by atoms with van der Waals surface area (Å²) < 4.78 is 27.3. The number of benzene rings is 3. The second-order valence-corrected chi connectivity index (χ2v) is 13.0. The highest BCUT2D eigenvalue weighted by molar-refractivity contribution is 9.10. The zero-order chi connectivity index (χ0) is 29.7. The lowest BCUT2D eigenvalue weighted by molar-refractivity contribution is -0.137. The topological polar surface area (TPSA) is 119 Å². The molecule has 41 heavy (non-hydrogen) atoms. The van der Waals surface area contributed by atoms with Gasteiger partial charge in [-0.1, -0.05) is 46.3 Å². The first-order valence-electron chi connectivity index (χ1n) is 13.1. The zero-order valence-corrected chi connectivity index (χ0v) is 25.5. The number of carbonyl (C=O) groups excluding carboxylic acids is 1. The third-order valence-electron chi connectivity index (χ3n) is 6.64. The van der Waals surface area contributed by atoms with Crippen LogP contribution in [-0.2, 0) is 26.0 Å². The fourth-order valence-corrected chi connectivity index (χ4v) is 5.96. The van der Waals surface area contributed by atoms with Crippen molar-refractivity contribution in [2.45, 2.75) is 19.3 Å². The van der Waals surface area contributed by atoms with Gasteiger partial charge in [-0.25, -0.2) is 8.42 Å². The zero-order valence-electron chi connectivity index (χ0n) is 23.1.